The summed E-state index contributed by atoms with van der Waals surface area (Å²) in [5.41, 5.74) is 5.83. The zero-order valence-corrected chi connectivity index (χ0v) is 17.5. The quantitative estimate of drug-likeness (QED) is 0.568. The van der Waals surface area contributed by atoms with Crippen molar-refractivity contribution in [2.45, 2.75) is 52.5 Å². The number of urea groups is 1. The van der Waals surface area contributed by atoms with Gasteiger partial charge >= 0.3 is 6.03 Å². The van der Waals surface area contributed by atoms with Gasteiger partial charge in [0.15, 0.2) is 0 Å². The third-order valence-electron chi connectivity index (χ3n) is 5.44. The Morgan fingerprint density at radius 2 is 1.89 bits per heavy atom. The van der Waals surface area contributed by atoms with Gasteiger partial charge in [-0.25, -0.2) is 4.79 Å². The number of aromatic nitrogens is 1. The van der Waals surface area contributed by atoms with Gasteiger partial charge in [0.05, 0.1) is 6.04 Å². The molecule has 0 aliphatic heterocycles. The van der Waals surface area contributed by atoms with E-state index in [2.05, 4.69) is 47.5 Å². The van der Waals surface area contributed by atoms with Crippen LogP contribution in [0.15, 0.2) is 42.7 Å². The molecular formula is C23H27N3OS. The van der Waals surface area contributed by atoms with Crippen LogP contribution in [0, 0.1) is 13.8 Å². The summed E-state index contributed by atoms with van der Waals surface area (Å²) in [6, 6.07) is 9.95. The Bertz CT molecular complexity index is 988. The van der Waals surface area contributed by atoms with Gasteiger partial charge in [-0.3, -0.25) is 0 Å². The van der Waals surface area contributed by atoms with Crippen molar-refractivity contribution in [1.82, 2.24) is 9.88 Å². The Morgan fingerprint density at radius 3 is 2.64 bits per heavy atom. The molecule has 2 heterocycles. The van der Waals surface area contributed by atoms with E-state index in [0.717, 1.165) is 24.1 Å². The number of hydrogen-bond donors (Lipinski definition) is 2. The minimum atomic E-state index is -0.159. The number of nitrogens with zero attached hydrogens (tertiary/aromatic N) is 1. The summed E-state index contributed by atoms with van der Waals surface area (Å²) in [4.78, 5) is 14.2. The highest BCUT2D eigenvalue weighted by molar-refractivity contribution is 7.15. The average molecular weight is 394 g/mol. The number of carbonyl (C=O) groups is 1. The van der Waals surface area contributed by atoms with Crippen LogP contribution in [0.2, 0.25) is 0 Å². The van der Waals surface area contributed by atoms with Crippen molar-refractivity contribution < 1.29 is 4.79 Å². The van der Waals surface area contributed by atoms with E-state index in [0.29, 0.717) is 0 Å². The number of benzene rings is 1. The zero-order valence-electron chi connectivity index (χ0n) is 16.7. The number of amides is 2. The van der Waals surface area contributed by atoms with Gasteiger partial charge in [0, 0.05) is 28.5 Å². The van der Waals surface area contributed by atoms with Crippen LogP contribution in [0.4, 0.5) is 10.5 Å². The third kappa shape index (κ3) is 3.72. The molecule has 0 unspecified atom stereocenters. The maximum Gasteiger partial charge on any atom is 0.319 e. The van der Waals surface area contributed by atoms with E-state index in [1.165, 1.54) is 39.4 Å². The SMILES string of the molecule is Cc1ccc(NC(=O)N[C@H](C)c2c(-n3cccc3)sc3c2CCCC3)c(C)c1. The van der Waals surface area contributed by atoms with Crippen molar-refractivity contribution >= 4 is 23.1 Å². The second-order valence-electron chi connectivity index (χ2n) is 7.66. The maximum absolute atomic E-state index is 12.7. The van der Waals surface area contributed by atoms with E-state index in [9.17, 15) is 4.79 Å². The molecule has 146 valence electrons. The van der Waals surface area contributed by atoms with Crippen LogP contribution in [0.25, 0.3) is 5.00 Å². The molecule has 2 aromatic heterocycles. The Labute approximate surface area is 170 Å². The maximum atomic E-state index is 12.7. The Hall–Kier alpha value is -2.53. The molecule has 1 aromatic carbocycles. The van der Waals surface area contributed by atoms with Crippen LogP contribution in [0.3, 0.4) is 0 Å². The molecule has 4 rings (SSSR count). The highest BCUT2D eigenvalue weighted by atomic mass is 32.1. The minimum Gasteiger partial charge on any atom is -0.331 e. The zero-order chi connectivity index (χ0) is 19.7. The Morgan fingerprint density at radius 1 is 1.14 bits per heavy atom. The van der Waals surface area contributed by atoms with E-state index < -0.39 is 0 Å². The van der Waals surface area contributed by atoms with E-state index in [1.807, 2.05) is 42.5 Å². The first-order valence-electron chi connectivity index (χ1n) is 9.95. The number of rotatable bonds is 4. The molecule has 0 spiro atoms. The van der Waals surface area contributed by atoms with Crippen molar-refractivity contribution in [3.8, 4) is 5.00 Å². The van der Waals surface area contributed by atoms with Crippen molar-refractivity contribution in [3.05, 3.63) is 69.9 Å². The molecule has 0 saturated heterocycles. The first-order chi connectivity index (χ1) is 13.5. The lowest BCUT2D eigenvalue weighted by Gasteiger charge is -2.20. The van der Waals surface area contributed by atoms with Crippen LogP contribution in [0.1, 0.15) is 52.9 Å². The number of hydrogen-bond acceptors (Lipinski definition) is 2. The van der Waals surface area contributed by atoms with Gasteiger partial charge in [-0.05, 0) is 75.8 Å². The van der Waals surface area contributed by atoms with Crippen LogP contribution in [-0.2, 0) is 12.8 Å². The van der Waals surface area contributed by atoms with Crippen LogP contribution in [0.5, 0.6) is 0 Å². The molecule has 0 fully saturated rings. The summed E-state index contributed by atoms with van der Waals surface area (Å²) in [5.74, 6) is 0. The lowest BCUT2D eigenvalue weighted by atomic mass is 9.93. The number of carbonyl (C=O) groups excluding carboxylic acids is 1. The number of nitrogens with one attached hydrogen (secondary N) is 2. The molecule has 28 heavy (non-hydrogen) atoms. The van der Waals surface area contributed by atoms with Gasteiger partial charge in [0.1, 0.15) is 5.00 Å². The van der Waals surface area contributed by atoms with Crippen molar-refractivity contribution in [2.24, 2.45) is 0 Å². The fraction of sp³-hybridized carbons (Fsp3) is 0.348. The number of aryl methyl sites for hydroxylation is 3. The van der Waals surface area contributed by atoms with Crippen LogP contribution >= 0.6 is 11.3 Å². The standard InChI is InChI=1S/C23H27N3OS/c1-15-10-11-19(16(2)14-15)25-23(27)24-17(3)21-18-8-4-5-9-20(18)28-22(21)26-12-6-7-13-26/h6-7,10-14,17H,4-5,8-9H2,1-3H3,(H2,24,25,27)/t17-/m1/s1. The summed E-state index contributed by atoms with van der Waals surface area (Å²) in [5, 5.41) is 7.41. The second kappa shape index (κ2) is 7.84. The fourth-order valence-electron chi connectivity index (χ4n) is 4.07. The summed E-state index contributed by atoms with van der Waals surface area (Å²) in [7, 11) is 0. The summed E-state index contributed by atoms with van der Waals surface area (Å²) >= 11 is 1.87. The van der Waals surface area contributed by atoms with Gasteiger partial charge in [-0.1, -0.05) is 17.7 Å². The normalized spacial score (nSPS) is 14.4. The predicted octanol–water partition coefficient (Wildman–Crippen LogP) is 5.92. The van der Waals surface area contributed by atoms with Crippen LogP contribution in [-0.4, -0.2) is 10.6 Å². The molecule has 5 heteroatoms. The molecule has 0 radical (unpaired) electrons. The highest BCUT2D eigenvalue weighted by Crippen LogP contribution is 2.40. The lowest BCUT2D eigenvalue weighted by molar-refractivity contribution is 0.249. The molecule has 0 saturated carbocycles. The van der Waals surface area contributed by atoms with E-state index in [1.54, 1.807) is 0 Å². The van der Waals surface area contributed by atoms with Gasteiger partial charge in [0.2, 0.25) is 0 Å². The first-order valence-corrected chi connectivity index (χ1v) is 10.8. The van der Waals surface area contributed by atoms with Crippen LogP contribution < -0.4 is 10.6 Å². The molecule has 1 aliphatic rings. The molecule has 0 bridgehead atoms. The van der Waals surface area contributed by atoms with Gasteiger partial charge in [-0.2, -0.15) is 0 Å². The minimum absolute atomic E-state index is 0.0544. The molecule has 2 N–H and O–H groups in total. The predicted molar refractivity (Wildman–Crippen MR) is 117 cm³/mol. The van der Waals surface area contributed by atoms with Crippen molar-refractivity contribution in [1.29, 1.82) is 0 Å². The largest absolute Gasteiger partial charge is 0.331 e. The monoisotopic (exact) mass is 393 g/mol. The third-order valence-corrected chi connectivity index (χ3v) is 6.76. The fourth-order valence-corrected chi connectivity index (χ4v) is 5.52. The number of fused-ring (bicyclic) bond motifs is 1. The molecular weight excluding hydrogens is 366 g/mol. The molecule has 1 aliphatic carbocycles. The first kappa shape index (κ1) is 18.8. The highest BCUT2D eigenvalue weighted by Gasteiger charge is 2.26. The summed E-state index contributed by atoms with van der Waals surface area (Å²) in [6.07, 6.45) is 8.91. The number of thiophene rings is 1. The molecule has 4 nitrogen and oxygen atoms in total. The summed E-state index contributed by atoms with van der Waals surface area (Å²) < 4.78 is 2.18. The van der Waals surface area contributed by atoms with Crippen molar-refractivity contribution in [3.63, 3.8) is 0 Å². The van der Waals surface area contributed by atoms with E-state index >= 15 is 0 Å². The topological polar surface area (TPSA) is 46.1 Å². The molecule has 1 atom stereocenters. The Kier molecular flexibility index (Phi) is 5.27. The average Bonchev–Trinajstić information content (AvgIpc) is 3.31. The van der Waals surface area contributed by atoms with E-state index in [4.69, 9.17) is 0 Å². The van der Waals surface area contributed by atoms with Crippen molar-refractivity contribution in [2.75, 3.05) is 5.32 Å². The van der Waals surface area contributed by atoms with E-state index in [-0.39, 0.29) is 12.1 Å². The smallest absolute Gasteiger partial charge is 0.319 e. The molecule has 3 aromatic rings. The summed E-state index contributed by atoms with van der Waals surface area (Å²) in [6.45, 7) is 6.17. The van der Waals surface area contributed by atoms with Gasteiger partial charge in [-0.15, -0.1) is 11.3 Å². The lowest BCUT2D eigenvalue weighted by Crippen LogP contribution is -2.32. The number of anilines is 1. The van der Waals surface area contributed by atoms with Gasteiger partial charge < -0.3 is 15.2 Å². The van der Waals surface area contributed by atoms with Gasteiger partial charge in [0.25, 0.3) is 0 Å². The second-order valence-corrected chi connectivity index (χ2v) is 8.74. The molecule has 2 amide bonds. The Balaban J connectivity index is 1.58.